The molecule has 1 amide bonds. The van der Waals surface area contributed by atoms with Crippen LogP contribution in [0.15, 0.2) is 30.3 Å². The minimum Gasteiger partial charge on any atom is -0.352 e. The second kappa shape index (κ2) is 6.25. The molecule has 2 saturated carbocycles. The number of carbonyl (C=O) groups is 1. The molecule has 0 spiro atoms. The van der Waals surface area contributed by atoms with Gasteiger partial charge in [-0.15, -0.1) is 0 Å². The zero-order valence-corrected chi connectivity index (χ0v) is 13.7. The van der Waals surface area contributed by atoms with E-state index in [-0.39, 0.29) is 23.9 Å². The van der Waals surface area contributed by atoms with Crippen molar-refractivity contribution in [1.29, 1.82) is 0 Å². The van der Waals surface area contributed by atoms with Gasteiger partial charge in [0.1, 0.15) is 0 Å². The van der Waals surface area contributed by atoms with Crippen LogP contribution in [0.5, 0.6) is 0 Å². The van der Waals surface area contributed by atoms with Crippen molar-refractivity contribution in [2.45, 2.75) is 44.3 Å². The number of carbonyl (C=O) groups excluding carboxylic acids is 1. The Kier molecular flexibility index (Phi) is 4.12. The van der Waals surface area contributed by atoms with Gasteiger partial charge in [-0.3, -0.25) is 9.69 Å². The number of hydrogen-bond acceptors (Lipinski definition) is 3. The Morgan fingerprint density at radius 3 is 2.70 bits per heavy atom. The van der Waals surface area contributed by atoms with Crippen molar-refractivity contribution in [1.82, 2.24) is 10.2 Å². The van der Waals surface area contributed by atoms with Crippen LogP contribution < -0.4 is 11.1 Å². The van der Waals surface area contributed by atoms with Gasteiger partial charge in [-0.1, -0.05) is 30.3 Å². The van der Waals surface area contributed by atoms with E-state index < -0.39 is 0 Å². The normalized spacial score (nSPS) is 36.5. The van der Waals surface area contributed by atoms with Gasteiger partial charge >= 0.3 is 0 Å². The molecule has 1 aromatic carbocycles. The minimum absolute atomic E-state index is 0.0666. The first-order valence-corrected chi connectivity index (χ1v) is 9.03. The fourth-order valence-electron chi connectivity index (χ4n) is 4.96. The molecule has 4 nitrogen and oxygen atoms in total. The lowest BCUT2D eigenvalue weighted by atomic mass is 9.84. The zero-order valence-electron chi connectivity index (χ0n) is 13.7. The van der Waals surface area contributed by atoms with E-state index in [1.807, 2.05) is 0 Å². The van der Waals surface area contributed by atoms with Crippen LogP contribution in [-0.2, 0) is 11.3 Å². The van der Waals surface area contributed by atoms with Gasteiger partial charge in [-0.25, -0.2) is 0 Å². The van der Waals surface area contributed by atoms with E-state index >= 15 is 0 Å². The number of hydrogen-bond donors (Lipinski definition) is 2. The van der Waals surface area contributed by atoms with Gasteiger partial charge in [0.05, 0.1) is 5.92 Å². The molecule has 3 fully saturated rings. The van der Waals surface area contributed by atoms with Gasteiger partial charge < -0.3 is 11.1 Å². The van der Waals surface area contributed by atoms with Crippen molar-refractivity contribution < 1.29 is 4.79 Å². The number of fused-ring (bicyclic) bond motifs is 2. The standard InChI is InChI=1S/C19H27N3O/c20-18-15-7-6-14(10-15)17(18)19(23)21-16-8-9-22(12-16)11-13-4-2-1-3-5-13/h1-5,14-18H,6-12,20H2,(H,21,23). The molecule has 0 aromatic heterocycles. The van der Waals surface area contributed by atoms with Crippen LogP contribution in [0.1, 0.15) is 31.2 Å². The monoisotopic (exact) mass is 313 g/mol. The number of nitrogens with one attached hydrogen (secondary N) is 1. The predicted octanol–water partition coefficient (Wildman–Crippen LogP) is 1.75. The Morgan fingerprint density at radius 1 is 1.17 bits per heavy atom. The maximum Gasteiger partial charge on any atom is 0.225 e. The number of nitrogens with zero attached hydrogens (tertiary/aromatic N) is 1. The fourth-order valence-corrected chi connectivity index (χ4v) is 4.96. The highest BCUT2D eigenvalue weighted by Crippen LogP contribution is 2.47. The molecule has 5 atom stereocenters. The summed E-state index contributed by atoms with van der Waals surface area (Å²) in [7, 11) is 0. The average Bonchev–Trinajstić information content (AvgIpc) is 3.25. The lowest BCUT2D eigenvalue weighted by molar-refractivity contribution is -0.127. The molecule has 4 rings (SSSR count). The second-order valence-electron chi connectivity index (χ2n) is 7.65. The van der Waals surface area contributed by atoms with Crippen molar-refractivity contribution in [3.63, 3.8) is 0 Å². The van der Waals surface area contributed by atoms with Crippen LogP contribution in [0.2, 0.25) is 0 Å². The summed E-state index contributed by atoms with van der Waals surface area (Å²) in [4.78, 5) is 15.1. The largest absolute Gasteiger partial charge is 0.352 e. The molecule has 2 bridgehead atoms. The molecule has 1 aromatic rings. The highest BCUT2D eigenvalue weighted by atomic mass is 16.2. The molecule has 4 heteroatoms. The smallest absolute Gasteiger partial charge is 0.225 e. The maximum atomic E-state index is 12.7. The summed E-state index contributed by atoms with van der Waals surface area (Å²) in [5.74, 6) is 1.42. The summed E-state index contributed by atoms with van der Waals surface area (Å²) in [5.41, 5.74) is 7.64. The fraction of sp³-hybridized carbons (Fsp3) is 0.632. The molecule has 23 heavy (non-hydrogen) atoms. The highest BCUT2D eigenvalue weighted by molar-refractivity contribution is 5.80. The predicted molar refractivity (Wildman–Crippen MR) is 90.6 cm³/mol. The SMILES string of the molecule is NC1C2CCC(C2)C1C(=O)NC1CCN(Cc2ccccc2)C1. The molecule has 0 radical (unpaired) electrons. The van der Waals surface area contributed by atoms with Crippen LogP contribution in [-0.4, -0.2) is 36.0 Å². The molecule has 2 aliphatic carbocycles. The Balaban J connectivity index is 1.30. The van der Waals surface area contributed by atoms with Crippen LogP contribution in [0.3, 0.4) is 0 Å². The molecule has 1 heterocycles. The number of likely N-dealkylation sites (tertiary alicyclic amines) is 1. The van der Waals surface area contributed by atoms with Gasteiger partial charge in [0.25, 0.3) is 0 Å². The first-order valence-electron chi connectivity index (χ1n) is 9.03. The van der Waals surface area contributed by atoms with E-state index in [0.29, 0.717) is 11.8 Å². The summed E-state index contributed by atoms with van der Waals surface area (Å²) in [6.45, 7) is 2.99. The van der Waals surface area contributed by atoms with Crippen molar-refractivity contribution in [2.24, 2.45) is 23.5 Å². The van der Waals surface area contributed by atoms with E-state index in [9.17, 15) is 4.79 Å². The summed E-state index contributed by atoms with van der Waals surface area (Å²) in [6.07, 6.45) is 4.64. The number of amides is 1. The Hall–Kier alpha value is -1.39. The van der Waals surface area contributed by atoms with E-state index in [1.54, 1.807) is 0 Å². The Bertz CT molecular complexity index is 559. The van der Waals surface area contributed by atoms with E-state index in [2.05, 4.69) is 40.5 Å². The van der Waals surface area contributed by atoms with Gasteiger partial charge in [0.15, 0.2) is 0 Å². The molecule has 1 aliphatic heterocycles. The van der Waals surface area contributed by atoms with Crippen LogP contribution in [0.25, 0.3) is 0 Å². The van der Waals surface area contributed by atoms with E-state index in [0.717, 1.165) is 26.1 Å². The van der Waals surface area contributed by atoms with Gasteiger partial charge in [-0.2, -0.15) is 0 Å². The molecular formula is C19H27N3O. The second-order valence-corrected chi connectivity index (χ2v) is 7.65. The topological polar surface area (TPSA) is 58.4 Å². The van der Waals surface area contributed by atoms with Crippen molar-refractivity contribution in [2.75, 3.05) is 13.1 Å². The third kappa shape index (κ3) is 3.02. The van der Waals surface area contributed by atoms with E-state index in [4.69, 9.17) is 5.73 Å². The van der Waals surface area contributed by atoms with E-state index in [1.165, 1.54) is 24.8 Å². The third-order valence-electron chi connectivity index (χ3n) is 6.15. The maximum absolute atomic E-state index is 12.7. The van der Waals surface area contributed by atoms with Crippen molar-refractivity contribution in [3.8, 4) is 0 Å². The summed E-state index contributed by atoms with van der Waals surface area (Å²) >= 11 is 0. The van der Waals surface area contributed by atoms with Crippen LogP contribution >= 0.6 is 0 Å². The zero-order chi connectivity index (χ0) is 15.8. The number of nitrogens with two attached hydrogens (primary N) is 1. The first kappa shape index (κ1) is 15.2. The molecule has 3 N–H and O–H groups in total. The quantitative estimate of drug-likeness (QED) is 0.890. The molecule has 5 unspecified atom stereocenters. The lowest BCUT2D eigenvalue weighted by Gasteiger charge is -2.28. The number of benzene rings is 1. The molecular weight excluding hydrogens is 286 g/mol. The summed E-state index contributed by atoms with van der Waals surface area (Å²) < 4.78 is 0. The summed E-state index contributed by atoms with van der Waals surface area (Å²) in [5, 5.41) is 3.29. The summed E-state index contributed by atoms with van der Waals surface area (Å²) in [6, 6.07) is 10.9. The number of rotatable bonds is 4. The average molecular weight is 313 g/mol. The molecule has 1 saturated heterocycles. The lowest BCUT2D eigenvalue weighted by Crippen LogP contribution is -2.48. The van der Waals surface area contributed by atoms with Gasteiger partial charge in [0, 0.05) is 31.7 Å². The molecule has 124 valence electrons. The minimum atomic E-state index is 0.0666. The van der Waals surface area contributed by atoms with Crippen molar-refractivity contribution >= 4 is 5.91 Å². The first-order chi connectivity index (χ1) is 11.2. The Labute approximate surface area is 138 Å². The van der Waals surface area contributed by atoms with Crippen molar-refractivity contribution in [3.05, 3.63) is 35.9 Å². The third-order valence-corrected chi connectivity index (χ3v) is 6.15. The Morgan fingerprint density at radius 2 is 1.96 bits per heavy atom. The van der Waals surface area contributed by atoms with Crippen LogP contribution in [0, 0.1) is 17.8 Å². The van der Waals surface area contributed by atoms with Crippen LogP contribution in [0.4, 0.5) is 0 Å². The van der Waals surface area contributed by atoms with Gasteiger partial charge in [0.2, 0.25) is 5.91 Å². The molecule has 3 aliphatic rings. The highest BCUT2D eigenvalue weighted by Gasteiger charge is 2.49. The van der Waals surface area contributed by atoms with Gasteiger partial charge in [-0.05, 0) is 43.1 Å².